The first-order valence-corrected chi connectivity index (χ1v) is 11.2. The number of rotatable bonds is 11. The molecule has 0 bridgehead atoms. The van der Waals surface area contributed by atoms with Gasteiger partial charge < -0.3 is 9.84 Å². The molecule has 0 saturated heterocycles. The van der Waals surface area contributed by atoms with Gasteiger partial charge in [0.05, 0.1) is 11.3 Å². The van der Waals surface area contributed by atoms with Crippen molar-refractivity contribution in [2.24, 2.45) is 5.10 Å². The highest BCUT2D eigenvalue weighted by Crippen LogP contribution is 2.34. The van der Waals surface area contributed by atoms with Crippen molar-refractivity contribution in [2.45, 2.75) is 49.9 Å². The van der Waals surface area contributed by atoms with E-state index in [2.05, 4.69) is 11.8 Å². The quantitative estimate of drug-likeness (QED) is 0.219. The predicted molar refractivity (Wildman–Crippen MR) is 126 cm³/mol. The Kier molecular flexibility index (Phi) is 9.40. The topological polar surface area (TPSA) is 62.1 Å². The molecule has 0 aliphatic carbocycles. The Morgan fingerprint density at radius 2 is 1.94 bits per heavy atom. The number of aliphatic carboxylic acids is 1. The summed E-state index contributed by atoms with van der Waals surface area (Å²) in [6, 6.07) is 10.3. The Balaban J connectivity index is 2.20. The lowest BCUT2D eigenvalue weighted by atomic mass is 10.1. The summed E-state index contributed by atoms with van der Waals surface area (Å²) in [6.07, 6.45) is -0.922. The molecule has 0 fully saturated rings. The second-order valence-corrected chi connectivity index (χ2v) is 8.77. The number of hydrogen-bond acceptors (Lipinski definition) is 5. The Hall–Kier alpha value is -2.94. The molecule has 0 heterocycles. The number of hydrogen-bond donors (Lipinski definition) is 1. The van der Waals surface area contributed by atoms with Gasteiger partial charge in [-0.05, 0) is 73.9 Å². The van der Waals surface area contributed by atoms with E-state index in [1.807, 2.05) is 39.1 Å². The van der Waals surface area contributed by atoms with Crippen molar-refractivity contribution >= 4 is 30.1 Å². The molecular weight excluding hydrogens is 453 g/mol. The third kappa shape index (κ3) is 7.85. The molecule has 2 aromatic carbocycles. The first-order chi connectivity index (χ1) is 15.5. The van der Waals surface area contributed by atoms with E-state index in [0.29, 0.717) is 11.4 Å². The summed E-state index contributed by atoms with van der Waals surface area (Å²) < 4.78 is 43.9. The minimum Gasteiger partial charge on any atom is -0.482 e. The molecule has 1 N–H and O–H groups in total. The van der Waals surface area contributed by atoms with Gasteiger partial charge in [-0.25, -0.2) is 9.80 Å². The maximum atomic E-state index is 12.9. The number of carbonyl (C=O) groups is 1. The van der Waals surface area contributed by atoms with Gasteiger partial charge in [-0.1, -0.05) is 13.3 Å². The second-order valence-electron chi connectivity index (χ2n) is 7.35. The maximum absolute atomic E-state index is 12.9. The SMILES string of the molecule is C=NN(/C=C(\CCC)C(C)Sc1ccc(OCC(=O)O)c(C)c1)c1ccc(C(F)(F)F)cc1. The van der Waals surface area contributed by atoms with Crippen LogP contribution >= 0.6 is 11.8 Å². The van der Waals surface area contributed by atoms with Crippen LogP contribution in [-0.2, 0) is 11.0 Å². The van der Waals surface area contributed by atoms with Crippen molar-refractivity contribution in [2.75, 3.05) is 11.6 Å². The summed E-state index contributed by atoms with van der Waals surface area (Å²) in [5.41, 5.74) is 1.65. The molecule has 0 saturated carbocycles. The number of alkyl halides is 3. The highest BCUT2D eigenvalue weighted by Gasteiger charge is 2.30. The van der Waals surface area contributed by atoms with Crippen molar-refractivity contribution in [1.29, 1.82) is 0 Å². The highest BCUT2D eigenvalue weighted by molar-refractivity contribution is 8.00. The van der Waals surface area contributed by atoms with Crippen molar-refractivity contribution in [1.82, 2.24) is 0 Å². The molecule has 0 amide bonds. The average Bonchev–Trinajstić information content (AvgIpc) is 2.75. The fraction of sp³-hybridized carbons (Fsp3) is 0.333. The Labute approximate surface area is 195 Å². The van der Waals surface area contributed by atoms with E-state index >= 15 is 0 Å². The second kappa shape index (κ2) is 11.8. The number of carboxylic acid groups (broad SMARTS) is 1. The van der Waals surface area contributed by atoms with Gasteiger partial charge in [0.25, 0.3) is 0 Å². The normalized spacial score (nSPS) is 12.8. The fourth-order valence-corrected chi connectivity index (χ4v) is 4.22. The molecule has 1 unspecified atom stereocenters. The van der Waals surface area contributed by atoms with Crippen molar-refractivity contribution < 1.29 is 27.8 Å². The summed E-state index contributed by atoms with van der Waals surface area (Å²) in [5, 5.41) is 14.3. The summed E-state index contributed by atoms with van der Waals surface area (Å²) in [7, 11) is 0. The van der Waals surface area contributed by atoms with Crippen LogP contribution in [0.4, 0.5) is 18.9 Å². The molecule has 9 heteroatoms. The maximum Gasteiger partial charge on any atom is 0.416 e. The minimum absolute atomic E-state index is 0.0498. The highest BCUT2D eigenvalue weighted by atomic mass is 32.2. The van der Waals surface area contributed by atoms with E-state index in [-0.39, 0.29) is 5.25 Å². The van der Waals surface area contributed by atoms with Crippen LogP contribution in [0, 0.1) is 6.92 Å². The molecule has 0 aromatic heterocycles. The van der Waals surface area contributed by atoms with Crippen molar-refractivity contribution in [3.8, 4) is 5.75 Å². The zero-order valence-corrected chi connectivity index (χ0v) is 19.5. The third-order valence-corrected chi connectivity index (χ3v) is 5.95. The molecule has 0 aliphatic rings. The number of anilines is 1. The van der Waals surface area contributed by atoms with E-state index < -0.39 is 24.3 Å². The smallest absolute Gasteiger partial charge is 0.416 e. The molecule has 0 spiro atoms. The first kappa shape index (κ1) is 26.3. The average molecular weight is 481 g/mol. The molecular formula is C24H27F3N2O3S. The number of aryl methyl sites for hydroxylation is 1. The van der Waals surface area contributed by atoms with Gasteiger partial charge in [0.1, 0.15) is 5.75 Å². The summed E-state index contributed by atoms with van der Waals surface area (Å²) >= 11 is 1.61. The van der Waals surface area contributed by atoms with Gasteiger partial charge in [-0.3, -0.25) is 0 Å². The standard InChI is InChI=1S/C24H27F3N2O3S/c1-5-6-18(14-29(28-4)20-9-7-19(8-10-20)24(25,26)27)17(3)33-21-11-12-22(16(2)13-21)32-15-23(30)31/h7-14,17H,4-6,15H2,1-3H3,(H,30,31)/b18-14+. The number of thioether (sulfide) groups is 1. The summed E-state index contributed by atoms with van der Waals surface area (Å²) in [4.78, 5) is 11.7. The summed E-state index contributed by atoms with van der Waals surface area (Å²) in [6.45, 7) is 9.11. The molecule has 2 aromatic rings. The van der Waals surface area contributed by atoms with Gasteiger partial charge in [0.15, 0.2) is 6.61 Å². The Morgan fingerprint density at radius 1 is 1.27 bits per heavy atom. The zero-order valence-electron chi connectivity index (χ0n) is 18.7. The molecule has 2 rings (SSSR count). The Morgan fingerprint density at radius 3 is 2.45 bits per heavy atom. The van der Waals surface area contributed by atoms with E-state index in [9.17, 15) is 18.0 Å². The Bertz CT molecular complexity index is 991. The van der Waals surface area contributed by atoms with E-state index in [4.69, 9.17) is 9.84 Å². The van der Waals surface area contributed by atoms with Crippen LogP contribution in [0.15, 0.2) is 64.2 Å². The fourth-order valence-electron chi connectivity index (χ4n) is 3.10. The van der Waals surface area contributed by atoms with Crippen molar-refractivity contribution in [3.05, 3.63) is 65.4 Å². The lowest BCUT2D eigenvalue weighted by Crippen LogP contribution is -2.13. The number of halogens is 3. The molecule has 33 heavy (non-hydrogen) atoms. The molecule has 0 aliphatic heterocycles. The number of hydrazone groups is 1. The lowest BCUT2D eigenvalue weighted by Gasteiger charge is -2.21. The van der Waals surface area contributed by atoms with Gasteiger partial charge in [-0.2, -0.15) is 18.3 Å². The van der Waals surface area contributed by atoms with Crippen LogP contribution in [0.25, 0.3) is 0 Å². The molecule has 5 nitrogen and oxygen atoms in total. The lowest BCUT2D eigenvalue weighted by molar-refractivity contribution is -0.139. The number of carboxylic acids is 1. The minimum atomic E-state index is -4.40. The van der Waals surface area contributed by atoms with Crippen LogP contribution in [0.5, 0.6) is 5.75 Å². The van der Waals surface area contributed by atoms with Gasteiger partial charge in [-0.15, -0.1) is 11.8 Å². The van der Waals surface area contributed by atoms with Crippen LogP contribution in [0.2, 0.25) is 0 Å². The van der Waals surface area contributed by atoms with Gasteiger partial charge >= 0.3 is 12.1 Å². The molecule has 178 valence electrons. The third-order valence-electron chi connectivity index (χ3n) is 4.77. The van der Waals surface area contributed by atoms with E-state index in [0.717, 1.165) is 41.0 Å². The van der Waals surface area contributed by atoms with Gasteiger partial charge in [0.2, 0.25) is 0 Å². The van der Waals surface area contributed by atoms with Crippen LogP contribution < -0.4 is 9.75 Å². The van der Waals surface area contributed by atoms with Crippen LogP contribution in [0.3, 0.4) is 0 Å². The zero-order chi connectivity index (χ0) is 24.6. The van der Waals surface area contributed by atoms with Crippen molar-refractivity contribution in [3.63, 3.8) is 0 Å². The number of nitrogens with zero attached hydrogens (tertiary/aromatic N) is 2. The van der Waals surface area contributed by atoms with E-state index in [1.165, 1.54) is 17.1 Å². The summed E-state index contributed by atoms with van der Waals surface area (Å²) in [5.74, 6) is -0.521. The van der Waals surface area contributed by atoms with Gasteiger partial charge in [0, 0.05) is 23.1 Å². The number of ether oxygens (including phenoxy) is 1. The molecule has 1 atom stereocenters. The first-order valence-electron chi connectivity index (χ1n) is 10.3. The molecule has 0 radical (unpaired) electrons. The predicted octanol–water partition coefficient (Wildman–Crippen LogP) is 6.76. The largest absolute Gasteiger partial charge is 0.482 e. The van der Waals surface area contributed by atoms with E-state index in [1.54, 1.807) is 17.8 Å². The van der Waals surface area contributed by atoms with Crippen LogP contribution in [0.1, 0.15) is 37.8 Å². The van der Waals surface area contributed by atoms with Crippen LogP contribution in [-0.4, -0.2) is 29.7 Å². The monoisotopic (exact) mass is 480 g/mol. The number of benzene rings is 2.